The summed E-state index contributed by atoms with van der Waals surface area (Å²) in [7, 11) is 3.18. The maximum Gasteiger partial charge on any atom is 0.290 e. The summed E-state index contributed by atoms with van der Waals surface area (Å²) in [5.41, 5.74) is 1.86. The second kappa shape index (κ2) is 8.20. The Hall–Kier alpha value is -3.28. The molecule has 0 bridgehead atoms. The quantitative estimate of drug-likeness (QED) is 0.651. The Labute approximate surface area is 152 Å². The maximum atomic E-state index is 12.8. The lowest BCUT2D eigenvalue weighted by molar-refractivity contribution is 0.0697. The van der Waals surface area contributed by atoms with Crippen LogP contribution in [0.5, 0.6) is 11.5 Å². The maximum absolute atomic E-state index is 12.8. The molecule has 0 saturated carbocycles. The first-order valence-electron chi connectivity index (χ1n) is 8.14. The van der Waals surface area contributed by atoms with Gasteiger partial charge in [-0.15, -0.1) is 0 Å². The molecule has 3 aromatic rings. The topological polar surface area (TPSA) is 64.8 Å². The second-order valence-corrected chi connectivity index (χ2v) is 5.69. The van der Waals surface area contributed by atoms with Gasteiger partial charge in [0.15, 0.2) is 17.3 Å². The van der Waals surface area contributed by atoms with Crippen molar-refractivity contribution >= 4 is 5.91 Å². The van der Waals surface area contributed by atoms with Gasteiger partial charge in [-0.2, -0.15) is 0 Å². The molecule has 0 spiro atoms. The van der Waals surface area contributed by atoms with Gasteiger partial charge in [0.1, 0.15) is 0 Å². The molecule has 0 aliphatic carbocycles. The third-order valence-electron chi connectivity index (χ3n) is 3.94. The fourth-order valence-corrected chi connectivity index (χ4v) is 2.67. The predicted molar refractivity (Wildman–Crippen MR) is 96.1 cm³/mol. The van der Waals surface area contributed by atoms with Gasteiger partial charge in [-0.05, 0) is 41.5 Å². The van der Waals surface area contributed by atoms with Gasteiger partial charge < -0.3 is 18.8 Å². The van der Waals surface area contributed by atoms with E-state index in [4.69, 9.17) is 13.9 Å². The Morgan fingerprint density at radius 2 is 1.85 bits per heavy atom. The molecule has 0 saturated heterocycles. The first-order chi connectivity index (χ1) is 12.7. The first-order valence-corrected chi connectivity index (χ1v) is 8.14. The highest BCUT2D eigenvalue weighted by atomic mass is 16.5. The number of amides is 1. The van der Waals surface area contributed by atoms with Crippen LogP contribution in [0.2, 0.25) is 0 Å². The summed E-state index contributed by atoms with van der Waals surface area (Å²) < 4.78 is 15.9. The van der Waals surface area contributed by atoms with E-state index in [-0.39, 0.29) is 5.91 Å². The number of rotatable bonds is 7. The van der Waals surface area contributed by atoms with Crippen molar-refractivity contribution in [3.8, 4) is 11.5 Å². The average Bonchev–Trinajstić information content (AvgIpc) is 3.22. The molecule has 6 heteroatoms. The summed E-state index contributed by atoms with van der Waals surface area (Å²) in [5.74, 6) is 1.38. The Morgan fingerprint density at radius 1 is 1.04 bits per heavy atom. The third kappa shape index (κ3) is 4.03. The van der Waals surface area contributed by atoms with E-state index in [9.17, 15) is 4.79 Å². The van der Waals surface area contributed by atoms with Crippen LogP contribution in [0.15, 0.2) is 65.5 Å². The zero-order valence-corrected chi connectivity index (χ0v) is 14.7. The SMILES string of the molecule is COc1ccc(CN(Cc2cccnc2)C(=O)c2ccco2)cc1OC. The number of carbonyl (C=O) groups excluding carboxylic acids is 1. The van der Waals surface area contributed by atoms with Gasteiger partial charge in [0.2, 0.25) is 0 Å². The molecule has 6 nitrogen and oxygen atoms in total. The van der Waals surface area contributed by atoms with E-state index >= 15 is 0 Å². The summed E-state index contributed by atoms with van der Waals surface area (Å²) in [5, 5.41) is 0. The van der Waals surface area contributed by atoms with E-state index < -0.39 is 0 Å². The number of hydrogen-bond donors (Lipinski definition) is 0. The van der Waals surface area contributed by atoms with Crippen molar-refractivity contribution < 1.29 is 18.7 Å². The van der Waals surface area contributed by atoms with Crippen LogP contribution in [0.1, 0.15) is 21.7 Å². The lowest BCUT2D eigenvalue weighted by Crippen LogP contribution is -2.29. The van der Waals surface area contributed by atoms with E-state index in [0.29, 0.717) is 30.3 Å². The Kier molecular flexibility index (Phi) is 5.53. The molecule has 1 amide bonds. The molecule has 2 heterocycles. The Balaban J connectivity index is 1.87. The zero-order chi connectivity index (χ0) is 18.4. The number of pyridine rings is 1. The normalized spacial score (nSPS) is 10.4. The van der Waals surface area contributed by atoms with Crippen molar-refractivity contribution in [2.24, 2.45) is 0 Å². The lowest BCUT2D eigenvalue weighted by Gasteiger charge is -2.22. The first kappa shape index (κ1) is 17.5. The fraction of sp³-hybridized carbons (Fsp3) is 0.200. The fourth-order valence-electron chi connectivity index (χ4n) is 2.67. The highest BCUT2D eigenvalue weighted by molar-refractivity contribution is 5.91. The molecule has 0 fully saturated rings. The minimum absolute atomic E-state index is 0.186. The van der Waals surface area contributed by atoms with Crippen LogP contribution in [0, 0.1) is 0 Å². The van der Waals surface area contributed by atoms with E-state index in [1.54, 1.807) is 43.6 Å². The van der Waals surface area contributed by atoms with Crippen molar-refractivity contribution in [3.05, 3.63) is 78.0 Å². The molecule has 2 aromatic heterocycles. The van der Waals surface area contributed by atoms with Gasteiger partial charge in [0.05, 0.1) is 20.5 Å². The van der Waals surface area contributed by atoms with E-state index in [1.165, 1.54) is 6.26 Å². The number of benzene rings is 1. The number of carbonyl (C=O) groups is 1. The van der Waals surface area contributed by atoms with Gasteiger partial charge in [-0.1, -0.05) is 12.1 Å². The number of hydrogen-bond acceptors (Lipinski definition) is 5. The second-order valence-electron chi connectivity index (χ2n) is 5.69. The molecule has 26 heavy (non-hydrogen) atoms. The van der Waals surface area contributed by atoms with Crippen LogP contribution < -0.4 is 9.47 Å². The minimum Gasteiger partial charge on any atom is -0.493 e. The third-order valence-corrected chi connectivity index (χ3v) is 3.94. The molecule has 0 N–H and O–H groups in total. The molecule has 3 rings (SSSR count). The van der Waals surface area contributed by atoms with Gasteiger partial charge in [0, 0.05) is 25.5 Å². The smallest absolute Gasteiger partial charge is 0.290 e. The molecule has 1 aromatic carbocycles. The van der Waals surface area contributed by atoms with Crippen molar-refractivity contribution in [3.63, 3.8) is 0 Å². The number of ether oxygens (including phenoxy) is 2. The standard InChI is InChI=1S/C20H20N2O4/c1-24-17-8-7-15(11-19(17)25-2)13-22(14-16-5-3-9-21-12-16)20(23)18-6-4-10-26-18/h3-12H,13-14H2,1-2H3. The molecule has 0 atom stereocenters. The molecule has 0 radical (unpaired) electrons. The summed E-state index contributed by atoms with van der Waals surface area (Å²) in [4.78, 5) is 18.7. The Bertz CT molecular complexity index is 848. The van der Waals surface area contributed by atoms with E-state index in [0.717, 1.165) is 11.1 Å². The zero-order valence-electron chi connectivity index (χ0n) is 14.7. The summed E-state index contributed by atoms with van der Waals surface area (Å²) >= 11 is 0. The van der Waals surface area contributed by atoms with Crippen LogP contribution >= 0.6 is 0 Å². The molecular weight excluding hydrogens is 332 g/mol. The summed E-state index contributed by atoms with van der Waals surface area (Å²) in [6, 6.07) is 12.7. The lowest BCUT2D eigenvalue weighted by atomic mass is 10.1. The van der Waals surface area contributed by atoms with Crippen LogP contribution in [-0.4, -0.2) is 30.0 Å². The highest BCUT2D eigenvalue weighted by Crippen LogP contribution is 2.28. The number of nitrogens with zero attached hydrogens (tertiary/aromatic N) is 2. The van der Waals surface area contributed by atoms with E-state index in [2.05, 4.69) is 4.98 Å². The highest BCUT2D eigenvalue weighted by Gasteiger charge is 2.20. The van der Waals surface area contributed by atoms with Gasteiger partial charge in [0.25, 0.3) is 5.91 Å². The number of methoxy groups -OCH3 is 2. The summed E-state index contributed by atoms with van der Waals surface area (Å²) in [6.45, 7) is 0.816. The van der Waals surface area contributed by atoms with Crippen LogP contribution in [0.4, 0.5) is 0 Å². The van der Waals surface area contributed by atoms with Gasteiger partial charge in [-0.25, -0.2) is 0 Å². The molecule has 134 valence electrons. The van der Waals surface area contributed by atoms with Crippen molar-refractivity contribution in [2.75, 3.05) is 14.2 Å². The van der Waals surface area contributed by atoms with Crippen molar-refractivity contribution in [1.82, 2.24) is 9.88 Å². The predicted octanol–water partition coefficient (Wildman–Crippen LogP) is 3.53. The molecule has 0 aliphatic rings. The average molecular weight is 352 g/mol. The van der Waals surface area contributed by atoms with Crippen LogP contribution in [-0.2, 0) is 13.1 Å². The van der Waals surface area contributed by atoms with Crippen molar-refractivity contribution in [2.45, 2.75) is 13.1 Å². The van der Waals surface area contributed by atoms with Gasteiger partial charge in [-0.3, -0.25) is 9.78 Å². The monoisotopic (exact) mass is 352 g/mol. The summed E-state index contributed by atoms with van der Waals surface area (Å²) in [6.07, 6.45) is 4.94. The van der Waals surface area contributed by atoms with Crippen LogP contribution in [0.3, 0.4) is 0 Å². The minimum atomic E-state index is -0.186. The van der Waals surface area contributed by atoms with Gasteiger partial charge >= 0.3 is 0 Å². The van der Waals surface area contributed by atoms with E-state index in [1.807, 2.05) is 30.3 Å². The van der Waals surface area contributed by atoms with Crippen LogP contribution in [0.25, 0.3) is 0 Å². The number of furan rings is 1. The van der Waals surface area contributed by atoms with Crippen molar-refractivity contribution in [1.29, 1.82) is 0 Å². The molecule has 0 unspecified atom stereocenters. The molecular formula is C20H20N2O4. The molecule has 0 aliphatic heterocycles. The number of aromatic nitrogens is 1. The Morgan fingerprint density at radius 3 is 2.50 bits per heavy atom. The largest absolute Gasteiger partial charge is 0.493 e.